The number of hydrogen-bond acceptors (Lipinski definition) is 6. The van der Waals surface area contributed by atoms with Gasteiger partial charge in [-0.1, -0.05) is 5.57 Å². The van der Waals surface area contributed by atoms with E-state index < -0.39 is 41.5 Å². The number of carbonyl (C=O) groups excluding carboxylic acids is 2. The number of fused-ring (bicyclic) bond motifs is 3. The molecule has 6 atom stereocenters. The lowest BCUT2D eigenvalue weighted by atomic mass is 9.58. The van der Waals surface area contributed by atoms with Crippen LogP contribution in [-0.4, -0.2) is 64.2 Å². The quantitative estimate of drug-likeness (QED) is 0.561. The lowest BCUT2D eigenvalue weighted by Gasteiger charge is -2.47. The number of likely N-dealkylation sites (tertiary alicyclic amines) is 1. The van der Waals surface area contributed by atoms with Crippen molar-refractivity contribution < 1.29 is 29.3 Å². The van der Waals surface area contributed by atoms with Crippen LogP contribution in [0.1, 0.15) is 46.0 Å². The molecule has 0 spiro atoms. The van der Waals surface area contributed by atoms with Gasteiger partial charge in [-0.05, 0) is 51.6 Å². The van der Waals surface area contributed by atoms with Crippen LogP contribution in [0.25, 0.3) is 0 Å². The third-order valence-corrected chi connectivity index (χ3v) is 7.18. The first-order chi connectivity index (χ1) is 12.7. The average Bonchev–Trinajstić information content (AvgIpc) is 3.17. The summed E-state index contributed by atoms with van der Waals surface area (Å²) in [7, 11) is 0. The zero-order valence-corrected chi connectivity index (χ0v) is 15.8. The summed E-state index contributed by atoms with van der Waals surface area (Å²) in [6.07, 6.45) is 1.39. The van der Waals surface area contributed by atoms with Crippen LogP contribution in [0.15, 0.2) is 11.1 Å². The van der Waals surface area contributed by atoms with E-state index in [2.05, 4.69) is 0 Å². The van der Waals surface area contributed by atoms with Crippen molar-refractivity contribution in [3.8, 4) is 0 Å². The number of aliphatic carboxylic acids is 1. The highest BCUT2D eigenvalue weighted by molar-refractivity contribution is 5.90. The van der Waals surface area contributed by atoms with Gasteiger partial charge in [0, 0.05) is 18.9 Å². The zero-order chi connectivity index (χ0) is 19.5. The molecular formula is C20H27NO6. The molecule has 0 bridgehead atoms. The van der Waals surface area contributed by atoms with Crippen molar-refractivity contribution in [3.05, 3.63) is 11.1 Å². The number of carboxylic acids is 1. The molecule has 2 heterocycles. The van der Waals surface area contributed by atoms with Crippen molar-refractivity contribution in [1.82, 2.24) is 4.90 Å². The third kappa shape index (κ3) is 2.74. The molecule has 0 amide bonds. The van der Waals surface area contributed by atoms with E-state index in [1.165, 1.54) is 0 Å². The second kappa shape index (κ2) is 6.41. The molecule has 4 rings (SSSR count). The highest BCUT2D eigenvalue weighted by atomic mass is 16.6. The summed E-state index contributed by atoms with van der Waals surface area (Å²) in [5, 5.41) is 20.3. The Morgan fingerprint density at radius 3 is 2.78 bits per heavy atom. The van der Waals surface area contributed by atoms with E-state index in [4.69, 9.17) is 4.74 Å². The van der Waals surface area contributed by atoms with E-state index in [1.807, 2.05) is 18.7 Å². The van der Waals surface area contributed by atoms with Crippen LogP contribution in [0.3, 0.4) is 0 Å². The minimum atomic E-state index is -0.872. The second-order valence-electron chi connectivity index (χ2n) is 8.75. The smallest absolute Gasteiger partial charge is 0.320 e. The van der Waals surface area contributed by atoms with Crippen LogP contribution in [0.2, 0.25) is 0 Å². The molecule has 7 nitrogen and oxygen atoms in total. The topological polar surface area (TPSA) is 104 Å². The lowest BCUT2D eigenvalue weighted by molar-refractivity contribution is -0.147. The summed E-state index contributed by atoms with van der Waals surface area (Å²) in [6, 6.07) is -0.583. The van der Waals surface area contributed by atoms with E-state index >= 15 is 0 Å². The number of ether oxygens (including phenoxy) is 1. The van der Waals surface area contributed by atoms with Crippen LogP contribution in [0, 0.1) is 17.3 Å². The van der Waals surface area contributed by atoms with Crippen molar-refractivity contribution in [2.45, 2.75) is 64.2 Å². The largest absolute Gasteiger partial charge is 0.480 e. The number of carbonyl (C=O) groups is 3. The number of aliphatic hydroxyl groups is 1. The summed E-state index contributed by atoms with van der Waals surface area (Å²) < 4.78 is 5.72. The molecule has 2 N–H and O–H groups in total. The molecule has 1 saturated carbocycles. The monoisotopic (exact) mass is 377 g/mol. The van der Waals surface area contributed by atoms with E-state index in [9.17, 15) is 24.6 Å². The maximum absolute atomic E-state index is 12.7. The van der Waals surface area contributed by atoms with Gasteiger partial charge in [-0.25, -0.2) is 0 Å². The van der Waals surface area contributed by atoms with Crippen molar-refractivity contribution >= 4 is 17.7 Å². The molecule has 0 aromatic rings. The van der Waals surface area contributed by atoms with Gasteiger partial charge in [0.05, 0.1) is 17.4 Å². The van der Waals surface area contributed by atoms with Crippen molar-refractivity contribution in [2.75, 3.05) is 13.1 Å². The number of ketones is 1. The number of rotatable bonds is 3. The average molecular weight is 377 g/mol. The van der Waals surface area contributed by atoms with Crippen LogP contribution in [0.4, 0.5) is 0 Å². The van der Waals surface area contributed by atoms with Gasteiger partial charge < -0.3 is 14.9 Å². The summed E-state index contributed by atoms with van der Waals surface area (Å²) in [5.41, 5.74) is 1.19. The van der Waals surface area contributed by atoms with Gasteiger partial charge in [-0.2, -0.15) is 0 Å². The molecule has 0 aromatic carbocycles. The molecule has 0 radical (unpaired) electrons. The Morgan fingerprint density at radius 2 is 2.07 bits per heavy atom. The van der Waals surface area contributed by atoms with Crippen molar-refractivity contribution in [1.29, 1.82) is 0 Å². The number of Topliss-reactive ketones (excluding diaryl/α,β-unsaturated/α-hetero) is 1. The number of aliphatic hydroxyl groups excluding tert-OH is 1. The predicted octanol–water partition coefficient (Wildman–Crippen LogP) is 1.14. The maximum Gasteiger partial charge on any atom is 0.320 e. The van der Waals surface area contributed by atoms with Gasteiger partial charge in [-0.15, -0.1) is 0 Å². The SMILES string of the molecule is CC1=C2[C@@H]3OC(=O)[C@@H](CN4CCC[C@H]4C(=O)O)[C@@H]3[C@@H](O)C[C@@]2(C)C(=O)CC1. The fourth-order valence-corrected chi connectivity index (χ4v) is 5.82. The predicted molar refractivity (Wildman–Crippen MR) is 94.8 cm³/mol. The lowest BCUT2D eigenvalue weighted by Crippen LogP contribution is -2.52. The van der Waals surface area contributed by atoms with Crippen LogP contribution >= 0.6 is 0 Å². The van der Waals surface area contributed by atoms with E-state index in [-0.39, 0.29) is 18.3 Å². The Kier molecular flexibility index (Phi) is 4.42. The van der Waals surface area contributed by atoms with E-state index in [0.29, 0.717) is 32.2 Å². The Balaban J connectivity index is 1.64. The minimum absolute atomic E-state index is 0.102. The van der Waals surface area contributed by atoms with E-state index in [0.717, 1.165) is 17.6 Å². The van der Waals surface area contributed by atoms with Gasteiger partial charge in [-0.3, -0.25) is 19.3 Å². The molecule has 27 heavy (non-hydrogen) atoms. The van der Waals surface area contributed by atoms with Crippen LogP contribution in [-0.2, 0) is 19.1 Å². The highest BCUT2D eigenvalue weighted by Gasteiger charge is 2.60. The number of nitrogens with zero attached hydrogens (tertiary/aromatic N) is 1. The molecule has 0 unspecified atom stereocenters. The molecule has 2 saturated heterocycles. The Labute approximate surface area is 158 Å². The fraction of sp³-hybridized carbons (Fsp3) is 0.750. The summed E-state index contributed by atoms with van der Waals surface area (Å²) in [6.45, 7) is 4.75. The van der Waals surface area contributed by atoms with Gasteiger partial charge in [0.2, 0.25) is 0 Å². The van der Waals surface area contributed by atoms with E-state index in [1.54, 1.807) is 0 Å². The Bertz CT molecular complexity index is 730. The molecule has 0 aromatic heterocycles. The highest BCUT2D eigenvalue weighted by Crippen LogP contribution is 2.54. The number of carboxylic acid groups (broad SMARTS) is 1. The number of allylic oxidation sites excluding steroid dienone is 1. The molecule has 3 fully saturated rings. The summed E-state index contributed by atoms with van der Waals surface area (Å²) in [5.74, 6) is -2.14. The molecule has 7 heteroatoms. The van der Waals surface area contributed by atoms with Crippen LogP contribution < -0.4 is 0 Å². The minimum Gasteiger partial charge on any atom is -0.480 e. The van der Waals surface area contributed by atoms with Crippen molar-refractivity contribution in [3.63, 3.8) is 0 Å². The number of hydrogen-bond donors (Lipinski definition) is 2. The number of esters is 1. The standard InChI is InChI=1S/C20H27NO6/c1-10-5-6-14(23)20(2)8-13(22)15-11(19(26)27-17(15)16(10)20)9-21-7-3-4-12(21)18(24)25/h11-13,15,17,22H,3-9H2,1-2H3,(H,24,25)/t11-,12-,13-,15+,17+,20-/m0/s1. The van der Waals surface area contributed by atoms with Gasteiger partial charge in [0.1, 0.15) is 17.9 Å². The molecule has 2 aliphatic carbocycles. The Hall–Kier alpha value is -1.73. The van der Waals surface area contributed by atoms with Crippen LogP contribution in [0.5, 0.6) is 0 Å². The zero-order valence-electron chi connectivity index (χ0n) is 15.8. The first-order valence-electron chi connectivity index (χ1n) is 9.83. The third-order valence-electron chi connectivity index (χ3n) is 7.18. The molecule has 4 aliphatic rings. The maximum atomic E-state index is 12.7. The van der Waals surface area contributed by atoms with Gasteiger partial charge in [0.15, 0.2) is 0 Å². The Morgan fingerprint density at radius 1 is 1.33 bits per heavy atom. The van der Waals surface area contributed by atoms with Gasteiger partial charge in [0.25, 0.3) is 0 Å². The second-order valence-corrected chi connectivity index (χ2v) is 8.75. The molecule has 148 valence electrons. The first kappa shape index (κ1) is 18.6. The summed E-state index contributed by atoms with van der Waals surface area (Å²) >= 11 is 0. The molecular weight excluding hydrogens is 350 g/mol. The molecule has 2 aliphatic heterocycles. The normalized spacial score (nSPS) is 42.1. The first-order valence-corrected chi connectivity index (χ1v) is 9.83. The fourth-order valence-electron chi connectivity index (χ4n) is 5.82. The van der Waals surface area contributed by atoms with Gasteiger partial charge >= 0.3 is 11.9 Å². The van der Waals surface area contributed by atoms with Crippen molar-refractivity contribution in [2.24, 2.45) is 17.3 Å². The summed E-state index contributed by atoms with van der Waals surface area (Å²) in [4.78, 5) is 38.6.